The third-order valence-electron chi connectivity index (χ3n) is 1.82. The summed E-state index contributed by atoms with van der Waals surface area (Å²) >= 11 is 0. The Labute approximate surface area is 88.2 Å². The van der Waals surface area contributed by atoms with E-state index in [0.29, 0.717) is 13.0 Å². The Morgan fingerprint density at radius 1 is 1.47 bits per heavy atom. The van der Waals surface area contributed by atoms with Crippen molar-refractivity contribution in [2.24, 2.45) is 0 Å². The van der Waals surface area contributed by atoms with Crippen LogP contribution in [0.3, 0.4) is 0 Å². The first kappa shape index (κ1) is 13.9. The van der Waals surface area contributed by atoms with Gasteiger partial charge in [-0.05, 0) is 13.3 Å². The molecule has 0 fully saturated rings. The molecule has 15 heavy (non-hydrogen) atoms. The molecule has 0 bridgehead atoms. The molecule has 6 nitrogen and oxygen atoms in total. The average molecular weight is 219 g/mol. The number of aliphatic hydroxyl groups excluding tert-OH is 1. The van der Waals surface area contributed by atoms with Gasteiger partial charge in [0.2, 0.25) is 5.91 Å². The van der Waals surface area contributed by atoms with Crippen LogP contribution in [0.1, 0.15) is 19.8 Å². The second kappa shape index (κ2) is 7.19. The number of ether oxygens (including phenoxy) is 1. The Bertz CT molecular complexity index is 217. The Kier molecular flexibility index (Phi) is 6.64. The van der Waals surface area contributed by atoms with Gasteiger partial charge in [-0.25, -0.2) is 4.79 Å². The third-order valence-corrected chi connectivity index (χ3v) is 1.82. The predicted molar refractivity (Wildman–Crippen MR) is 52.4 cm³/mol. The van der Waals surface area contributed by atoms with E-state index < -0.39 is 24.0 Å². The number of hydrogen-bond donors (Lipinski definition) is 3. The smallest absolute Gasteiger partial charge is 0.328 e. The van der Waals surface area contributed by atoms with Gasteiger partial charge >= 0.3 is 5.97 Å². The van der Waals surface area contributed by atoms with Gasteiger partial charge in [-0.1, -0.05) is 0 Å². The number of carboxylic acid groups (broad SMARTS) is 1. The van der Waals surface area contributed by atoms with E-state index in [9.17, 15) is 9.59 Å². The third kappa shape index (κ3) is 6.03. The molecule has 0 aromatic rings. The molecule has 1 amide bonds. The van der Waals surface area contributed by atoms with E-state index in [0.717, 1.165) is 0 Å². The van der Waals surface area contributed by atoms with Crippen molar-refractivity contribution >= 4 is 11.9 Å². The van der Waals surface area contributed by atoms with E-state index in [4.69, 9.17) is 14.9 Å². The van der Waals surface area contributed by atoms with E-state index in [1.807, 2.05) is 0 Å². The first-order valence-electron chi connectivity index (χ1n) is 4.68. The van der Waals surface area contributed by atoms with Crippen molar-refractivity contribution in [1.82, 2.24) is 5.32 Å². The second-order valence-corrected chi connectivity index (χ2v) is 3.22. The summed E-state index contributed by atoms with van der Waals surface area (Å²) in [5, 5.41) is 20.0. The van der Waals surface area contributed by atoms with Crippen molar-refractivity contribution in [2.75, 3.05) is 13.7 Å². The van der Waals surface area contributed by atoms with Gasteiger partial charge in [0.25, 0.3) is 0 Å². The molecule has 3 N–H and O–H groups in total. The molecular weight excluding hydrogens is 202 g/mol. The van der Waals surface area contributed by atoms with Crippen LogP contribution < -0.4 is 5.32 Å². The van der Waals surface area contributed by atoms with Gasteiger partial charge in [0, 0.05) is 20.1 Å². The molecule has 0 aliphatic heterocycles. The number of amides is 1. The van der Waals surface area contributed by atoms with Gasteiger partial charge in [0.05, 0.1) is 6.10 Å². The van der Waals surface area contributed by atoms with Crippen molar-refractivity contribution in [3.8, 4) is 0 Å². The quantitative estimate of drug-likeness (QED) is 0.495. The highest BCUT2D eigenvalue weighted by Gasteiger charge is 2.24. The van der Waals surface area contributed by atoms with Crippen molar-refractivity contribution in [3.05, 3.63) is 0 Å². The van der Waals surface area contributed by atoms with Crippen LogP contribution in [0.15, 0.2) is 0 Å². The van der Waals surface area contributed by atoms with E-state index in [1.54, 1.807) is 0 Å². The van der Waals surface area contributed by atoms with E-state index in [-0.39, 0.29) is 6.42 Å². The van der Waals surface area contributed by atoms with Gasteiger partial charge in [-0.3, -0.25) is 4.79 Å². The zero-order valence-electron chi connectivity index (χ0n) is 8.90. The number of carbonyl (C=O) groups is 2. The fraction of sp³-hybridized carbons (Fsp3) is 0.778. The van der Waals surface area contributed by atoms with Gasteiger partial charge in [-0.15, -0.1) is 0 Å². The van der Waals surface area contributed by atoms with Crippen molar-refractivity contribution < 1.29 is 24.5 Å². The van der Waals surface area contributed by atoms with Crippen LogP contribution in [0.4, 0.5) is 0 Å². The number of methoxy groups -OCH3 is 1. The fourth-order valence-corrected chi connectivity index (χ4v) is 1.01. The summed E-state index contributed by atoms with van der Waals surface area (Å²) in [5.74, 6) is -1.65. The molecule has 88 valence electrons. The molecule has 2 atom stereocenters. The highest BCUT2D eigenvalue weighted by atomic mass is 16.5. The highest BCUT2D eigenvalue weighted by Crippen LogP contribution is 1.96. The maximum Gasteiger partial charge on any atom is 0.328 e. The highest BCUT2D eigenvalue weighted by molar-refractivity contribution is 5.83. The normalized spacial score (nSPS) is 14.3. The van der Waals surface area contributed by atoms with Crippen molar-refractivity contribution in [1.29, 1.82) is 0 Å². The Morgan fingerprint density at radius 3 is 2.47 bits per heavy atom. The molecule has 0 aliphatic rings. The van der Waals surface area contributed by atoms with Gasteiger partial charge < -0.3 is 20.3 Å². The monoisotopic (exact) mass is 219 g/mol. The molecule has 0 heterocycles. The van der Waals surface area contributed by atoms with Gasteiger partial charge in [0.15, 0.2) is 6.04 Å². The lowest BCUT2D eigenvalue weighted by Gasteiger charge is -2.16. The van der Waals surface area contributed by atoms with E-state index >= 15 is 0 Å². The van der Waals surface area contributed by atoms with Crippen LogP contribution in [0.25, 0.3) is 0 Å². The summed E-state index contributed by atoms with van der Waals surface area (Å²) in [6, 6.07) is -1.25. The molecule has 0 radical (unpaired) electrons. The summed E-state index contributed by atoms with van der Waals surface area (Å²) < 4.78 is 4.75. The van der Waals surface area contributed by atoms with Crippen LogP contribution in [-0.4, -0.2) is 48.0 Å². The molecular formula is C9H17NO5. The number of nitrogens with one attached hydrogen (secondary N) is 1. The lowest BCUT2D eigenvalue weighted by Crippen LogP contribution is -2.47. The minimum atomic E-state index is -1.25. The van der Waals surface area contributed by atoms with E-state index in [1.165, 1.54) is 14.0 Å². The molecule has 0 spiro atoms. The number of rotatable bonds is 7. The summed E-state index contributed by atoms with van der Waals surface area (Å²) in [6.45, 7) is 1.76. The Hall–Kier alpha value is -1.14. The van der Waals surface area contributed by atoms with Gasteiger partial charge in [0.1, 0.15) is 0 Å². The molecule has 0 saturated carbocycles. The zero-order valence-corrected chi connectivity index (χ0v) is 8.90. The second-order valence-electron chi connectivity index (χ2n) is 3.22. The minimum Gasteiger partial charge on any atom is -0.480 e. The Balaban J connectivity index is 3.95. The first-order chi connectivity index (χ1) is 6.99. The molecule has 0 aliphatic carbocycles. The lowest BCUT2D eigenvalue weighted by molar-refractivity contribution is -0.144. The molecule has 0 saturated heterocycles. The van der Waals surface area contributed by atoms with Crippen LogP contribution in [0.5, 0.6) is 0 Å². The summed E-state index contributed by atoms with van der Waals surface area (Å²) in [4.78, 5) is 21.8. The lowest BCUT2D eigenvalue weighted by atomic mass is 10.1. The number of hydrogen-bond acceptors (Lipinski definition) is 4. The standard InChI is InChI=1S/C9H17NO5/c1-6(11)8(9(13)14)10-7(12)4-3-5-15-2/h6,8,11H,3-5H2,1-2H3,(H,10,12)(H,13,14). The summed E-state index contributed by atoms with van der Waals surface area (Å²) in [5.41, 5.74) is 0. The predicted octanol–water partition coefficient (Wildman–Crippen LogP) is -0.637. The SMILES string of the molecule is COCCCC(=O)NC(C(=O)O)C(C)O. The summed E-state index contributed by atoms with van der Waals surface area (Å²) in [6.07, 6.45) is -0.410. The topological polar surface area (TPSA) is 95.9 Å². The van der Waals surface area contributed by atoms with Crippen LogP contribution in [0, 0.1) is 0 Å². The largest absolute Gasteiger partial charge is 0.480 e. The fourth-order valence-electron chi connectivity index (χ4n) is 1.01. The minimum absolute atomic E-state index is 0.185. The molecule has 0 aromatic heterocycles. The zero-order chi connectivity index (χ0) is 11.8. The molecule has 2 unspecified atom stereocenters. The average Bonchev–Trinajstić information content (AvgIpc) is 2.13. The van der Waals surface area contributed by atoms with Crippen LogP contribution in [0.2, 0.25) is 0 Å². The first-order valence-corrected chi connectivity index (χ1v) is 4.68. The maximum absolute atomic E-state index is 11.2. The number of carbonyl (C=O) groups excluding carboxylic acids is 1. The maximum atomic E-state index is 11.2. The van der Waals surface area contributed by atoms with Crippen LogP contribution in [-0.2, 0) is 14.3 Å². The van der Waals surface area contributed by atoms with Crippen molar-refractivity contribution in [3.63, 3.8) is 0 Å². The van der Waals surface area contributed by atoms with Gasteiger partial charge in [-0.2, -0.15) is 0 Å². The summed E-state index contributed by atoms with van der Waals surface area (Å²) in [7, 11) is 1.52. The molecule has 6 heteroatoms. The van der Waals surface area contributed by atoms with Crippen LogP contribution >= 0.6 is 0 Å². The van der Waals surface area contributed by atoms with Crippen molar-refractivity contribution in [2.45, 2.75) is 31.9 Å². The molecule has 0 rings (SSSR count). The number of aliphatic carboxylic acids is 1. The number of carboxylic acids is 1. The molecule has 0 aromatic carbocycles. The number of aliphatic hydroxyl groups is 1. The van der Waals surface area contributed by atoms with E-state index in [2.05, 4.69) is 5.32 Å². The Morgan fingerprint density at radius 2 is 2.07 bits per heavy atom.